The van der Waals surface area contributed by atoms with Crippen molar-refractivity contribution in [2.75, 3.05) is 25.1 Å². The van der Waals surface area contributed by atoms with Crippen molar-refractivity contribution in [1.82, 2.24) is 9.71 Å². The predicted octanol–water partition coefficient (Wildman–Crippen LogP) is 1.80. The van der Waals surface area contributed by atoms with E-state index in [2.05, 4.69) is 9.71 Å². The summed E-state index contributed by atoms with van der Waals surface area (Å²) in [4.78, 5) is 17.7. The van der Waals surface area contributed by atoms with Crippen molar-refractivity contribution in [2.45, 2.75) is 24.2 Å². The number of benzene rings is 1. The van der Waals surface area contributed by atoms with Crippen molar-refractivity contribution in [1.29, 1.82) is 0 Å². The fourth-order valence-electron chi connectivity index (χ4n) is 2.72. The van der Waals surface area contributed by atoms with Gasteiger partial charge in [-0.1, -0.05) is 0 Å². The second kappa shape index (κ2) is 7.51. The van der Waals surface area contributed by atoms with Crippen molar-refractivity contribution in [2.24, 2.45) is 0 Å². The molecule has 0 radical (unpaired) electrons. The van der Waals surface area contributed by atoms with E-state index in [1.54, 1.807) is 22.5 Å². The minimum absolute atomic E-state index is 0.00464. The van der Waals surface area contributed by atoms with Crippen LogP contribution in [0.1, 0.15) is 18.5 Å². The maximum atomic E-state index is 12.7. The number of nitrogens with one attached hydrogen (secondary N) is 1. The van der Waals surface area contributed by atoms with Gasteiger partial charge in [-0.2, -0.15) is 0 Å². The molecule has 3 rings (SSSR count). The smallest absolute Gasteiger partial charge is 0.244 e. The molecule has 1 aliphatic rings. The van der Waals surface area contributed by atoms with Crippen LogP contribution >= 0.6 is 11.3 Å². The minimum atomic E-state index is -3.76. The van der Waals surface area contributed by atoms with Crippen LogP contribution in [-0.2, 0) is 21.2 Å². The monoisotopic (exact) mass is 381 g/mol. The molecule has 0 saturated carbocycles. The standard InChI is InChI=1S/C16H19N3O4S2/c1-23-14-5-4-13(19-8-2-3-16(19)20)9-15(14)25(21,22)18-7-6-12-10-24-11-17-12/h4-5,9-11,18H,2-3,6-8H2,1H3. The molecule has 1 saturated heterocycles. The van der Waals surface area contributed by atoms with Gasteiger partial charge in [-0.05, 0) is 24.6 Å². The Bertz CT molecular complexity index is 850. The van der Waals surface area contributed by atoms with E-state index in [9.17, 15) is 13.2 Å². The SMILES string of the molecule is COc1ccc(N2CCCC2=O)cc1S(=O)(=O)NCCc1cscn1. The first-order valence-electron chi connectivity index (χ1n) is 7.86. The number of nitrogens with zero attached hydrogens (tertiary/aromatic N) is 2. The Hall–Kier alpha value is -1.97. The summed E-state index contributed by atoms with van der Waals surface area (Å²) in [5, 5.41) is 1.88. The van der Waals surface area contributed by atoms with E-state index in [4.69, 9.17) is 4.74 Å². The molecule has 1 aromatic heterocycles. The van der Waals surface area contributed by atoms with Crippen LogP contribution in [0.5, 0.6) is 5.75 Å². The Morgan fingerprint density at radius 3 is 2.88 bits per heavy atom. The van der Waals surface area contributed by atoms with Crippen LogP contribution in [0.2, 0.25) is 0 Å². The van der Waals surface area contributed by atoms with Gasteiger partial charge in [0.25, 0.3) is 0 Å². The van der Waals surface area contributed by atoms with E-state index in [0.29, 0.717) is 25.1 Å². The van der Waals surface area contributed by atoms with Crippen LogP contribution in [0, 0.1) is 0 Å². The van der Waals surface area contributed by atoms with Crippen LogP contribution in [0.25, 0.3) is 0 Å². The molecule has 25 heavy (non-hydrogen) atoms. The first-order chi connectivity index (χ1) is 12.0. The average molecular weight is 381 g/mol. The number of rotatable bonds is 7. The van der Waals surface area contributed by atoms with Crippen LogP contribution < -0.4 is 14.4 Å². The number of amides is 1. The zero-order valence-electron chi connectivity index (χ0n) is 13.8. The number of hydrogen-bond donors (Lipinski definition) is 1. The van der Waals surface area contributed by atoms with Crippen molar-refractivity contribution in [3.63, 3.8) is 0 Å². The van der Waals surface area contributed by atoms with Crippen molar-refractivity contribution >= 4 is 33.0 Å². The van der Waals surface area contributed by atoms with Gasteiger partial charge in [-0.3, -0.25) is 4.79 Å². The number of carbonyl (C=O) groups excluding carboxylic acids is 1. The fourth-order valence-corrected chi connectivity index (χ4v) is 4.53. The Morgan fingerprint density at radius 2 is 2.24 bits per heavy atom. The molecule has 1 aromatic carbocycles. The molecule has 1 aliphatic heterocycles. The van der Waals surface area contributed by atoms with Gasteiger partial charge in [0, 0.05) is 37.0 Å². The highest BCUT2D eigenvalue weighted by atomic mass is 32.2. The average Bonchev–Trinajstić information content (AvgIpc) is 3.26. The highest BCUT2D eigenvalue weighted by Crippen LogP contribution is 2.30. The van der Waals surface area contributed by atoms with Gasteiger partial charge in [0.1, 0.15) is 10.6 Å². The Labute approximate surface area is 150 Å². The van der Waals surface area contributed by atoms with Gasteiger partial charge < -0.3 is 9.64 Å². The van der Waals surface area contributed by atoms with Crippen LogP contribution in [0.4, 0.5) is 5.69 Å². The van der Waals surface area contributed by atoms with E-state index in [0.717, 1.165) is 12.1 Å². The number of sulfonamides is 1. The van der Waals surface area contributed by atoms with E-state index < -0.39 is 10.0 Å². The molecule has 2 aromatic rings. The molecule has 0 unspecified atom stereocenters. The zero-order valence-corrected chi connectivity index (χ0v) is 15.4. The molecule has 1 N–H and O–H groups in total. The summed E-state index contributed by atoms with van der Waals surface area (Å²) in [6.07, 6.45) is 1.77. The molecule has 0 aliphatic carbocycles. The van der Waals surface area contributed by atoms with E-state index in [1.807, 2.05) is 5.38 Å². The van der Waals surface area contributed by atoms with Gasteiger partial charge >= 0.3 is 0 Å². The molecule has 134 valence electrons. The van der Waals surface area contributed by atoms with Crippen molar-refractivity contribution in [3.05, 3.63) is 34.8 Å². The summed E-state index contributed by atoms with van der Waals surface area (Å²) in [7, 11) is -2.34. The fraction of sp³-hybridized carbons (Fsp3) is 0.375. The summed E-state index contributed by atoms with van der Waals surface area (Å²) < 4.78 is 33.1. The molecular weight excluding hydrogens is 362 g/mol. The lowest BCUT2D eigenvalue weighted by Gasteiger charge is -2.18. The highest BCUT2D eigenvalue weighted by Gasteiger charge is 2.25. The maximum absolute atomic E-state index is 12.7. The predicted molar refractivity (Wildman–Crippen MR) is 95.6 cm³/mol. The third-order valence-electron chi connectivity index (χ3n) is 3.98. The Kier molecular flexibility index (Phi) is 5.36. The number of carbonyl (C=O) groups is 1. The second-order valence-electron chi connectivity index (χ2n) is 5.61. The quantitative estimate of drug-likeness (QED) is 0.790. The highest BCUT2D eigenvalue weighted by molar-refractivity contribution is 7.89. The molecule has 7 nitrogen and oxygen atoms in total. The normalized spacial score (nSPS) is 14.9. The molecule has 1 amide bonds. The lowest BCUT2D eigenvalue weighted by atomic mass is 10.3. The molecule has 0 atom stereocenters. The first kappa shape index (κ1) is 17.8. The van der Waals surface area contributed by atoms with Crippen LogP contribution in [0.3, 0.4) is 0 Å². The summed E-state index contributed by atoms with van der Waals surface area (Å²) in [5.74, 6) is 0.251. The zero-order chi connectivity index (χ0) is 17.9. The molecule has 2 heterocycles. The summed E-state index contributed by atoms with van der Waals surface area (Å²) in [6, 6.07) is 4.78. The summed E-state index contributed by atoms with van der Waals surface area (Å²) in [5.41, 5.74) is 3.13. The van der Waals surface area contributed by atoms with Gasteiger partial charge in [0.15, 0.2) is 0 Å². The van der Waals surface area contributed by atoms with Gasteiger partial charge in [0.2, 0.25) is 15.9 Å². The van der Waals surface area contributed by atoms with Gasteiger partial charge in [0.05, 0.1) is 18.3 Å². The number of aromatic nitrogens is 1. The summed E-state index contributed by atoms with van der Waals surface area (Å²) in [6.45, 7) is 0.837. The van der Waals surface area contributed by atoms with E-state index >= 15 is 0 Å². The van der Waals surface area contributed by atoms with Crippen LogP contribution in [0.15, 0.2) is 34.0 Å². The first-order valence-corrected chi connectivity index (χ1v) is 10.3. The molecule has 1 fully saturated rings. The second-order valence-corrected chi connectivity index (χ2v) is 8.07. The third kappa shape index (κ3) is 4.00. The molecular formula is C16H19N3O4S2. The molecule has 0 bridgehead atoms. The third-order valence-corrected chi connectivity index (χ3v) is 6.10. The largest absolute Gasteiger partial charge is 0.495 e. The number of thiazole rings is 1. The lowest BCUT2D eigenvalue weighted by Crippen LogP contribution is -2.28. The van der Waals surface area contributed by atoms with Crippen molar-refractivity contribution in [3.8, 4) is 5.75 Å². The molecule has 0 spiro atoms. The summed E-state index contributed by atoms with van der Waals surface area (Å²) >= 11 is 1.47. The molecule has 9 heteroatoms. The minimum Gasteiger partial charge on any atom is -0.495 e. The van der Waals surface area contributed by atoms with E-state index in [1.165, 1.54) is 24.5 Å². The number of hydrogen-bond acceptors (Lipinski definition) is 6. The number of anilines is 1. The number of methoxy groups -OCH3 is 1. The lowest BCUT2D eigenvalue weighted by molar-refractivity contribution is -0.117. The maximum Gasteiger partial charge on any atom is 0.244 e. The van der Waals surface area contributed by atoms with Gasteiger partial charge in [-0.25, -0.2) is 18.1 Å². The van der Waals surface area contributed by atoms with Crippen LogP contribution in [-0.4, -0.2) is 39.5 Å². The number of ether oxygens (including phenoxy) is 1. The Balaban J connectivity index is 1.81. The van der Waals surface area contributed by atoms with E-state index in [-0.39, 0.29) is 23.1 Å². The van der Waals surface area contributed by atoms with Crippen molar-refractivity contribution < 1.29 is 17.9 Å². The van der Waals surface area contributed by atoms with Gasteiger partial charge in [-0.15, -0.1) is 11.3 Å². The topological polar surface area (TPSA) is 88.6 Å². The Morgan fingerprint density at radius 1 is 1.40 bits per heavy atom.